The third-order valence-electron chi connectivity index (χ3n) is 4.23. The van der Waals surface area contributed by atoms with Crippen LogP contribution in [0.5, 0.6) is 11.5 Å². The van der Waals surface area contributed by atoms with E-state index in [1.165, 1.54) is 4.57 Å². The predicted octanol–water partition coefficient (Wildman–Crippen LogP) is 1.94. The lowest BCUT2D eigenvalue weighted by atomic mass is 10.2. The number of hydrogen-bond acceptors (Lipinski definition) is 5. The summed E-state index contributed by atoms with van der Waals surface area (Å²) >= 11 is 0. The van der Waals surface area contributed by atoms with Crippen LogP contribution in [0, 0.1) is 0 Å². The van der Waals surface area contributed by atoms with Gasteiger partial charge in [0, 0.05) is 13.0 Å². The first-order valence-electron chi connectivity index (χ1n) is 8.44. The van der Waals surface area contributed by atoms with Crippen LogP contribution in [0.2, 0.25) is 0 Å². The zero-order valence-electron chi connectivity index (χ0n) is 14.0. The van der Waals surface area contributed by atoms with Gasteiger partial charge in [0.2, 0.25) is 5.91 Å². The van der Waals surface area contributed by atoms with Crippen LogP contribution in [0.15, 0.2) is 57.7 Å². The number of aryl methyl sites for hydroxylation is 1. The quantitative estimate of drug-likeness (QED) is 0.757. The van der Waals surface area contributed by atoms with Gasteiger partial charge in [0.05, 0.1) is 12.1 Å². The van der Waals surface area contributed by atoms with Crippen LogP contribution in [0.1, 0.15) is 6.42 Å². The Labute approximate surface area is 149 Å². The van der Waals surface area contributed by atoms with Crippen molar-refractivity contribution in [2.24, 2.45) is 0 Å². The minimum Gasteiger partial charge on any atom is -0.486 e. The summed E-state index contributed by atoms with van der Waals surface area (Å²) in [6.07, 6.45) is -0.0699. The molecule has 0 bridgehead atoms. The Balaban J connectivity index is 1.31. The van der Waals surface area contributed by atoms with Gasteiger partial charge in [-0.3, -0.25) is 9.36 Å². The van der Waals surface area contributed by atoms with E-state index in [2.05, 4.69) is 5.32 Å². The van der Waals surface area contributed by atoms with Crippen LogP contribution in [0.25, 0.3) is 11.1 Å². The number of carbonyl (C=O) groups excluding carboxylic acids is 1. The summed E-state index contributed by atoms with van der Waals surface area (Å²) in [4.78, 5) is 24.0. The monoisotopic (exact) mass is 354 g/mol. The van der Waals surface area contributed by atoms with Gasteiger partial charge < -0.3 is 19.2 Å². The minimum absolute atomic E-state index is 0.162. The molecular formula is C19H18N2O5. The number of hydrogen-bond donors (Lipinski definition) is 1. The van der Waals surface area contributed by atoms with Crippen LogP contribution in [-0.4, -0.2) is 29.7 Å². The van der Waals surface area contributed by atoms with E-state index in [4.69, 9.17) is 13.9 Å². The minimum atomic E-state index is -0.459. The van der Waals surface area contributed by atoms with E-state index in [1.807, 2.05) is 30.3 Å². The van der Waals surface area contributed by atoms with E-state index >= 15 is 0 Å². The van der Waals surface area contributed by atoms with Crippen molar-refractivity contribution >= 4 is 17.0 Å². The molecule has 7 nitrogen and oxygen atoms in total. The molecule has 0 radical (unpaired) electrons. The number of carbonyl (C=O) groups is 1. The Kier molecular flexibility index (Phi) is 4.35. The van der Waals surface area contributed by atoms with Crippen molar-refractivity contribution in [3.63, 3.8) is 0 Å². The third-order valence-corrected chi connectivity index (χ3v) is 4.23. The van der Waals surface area contributed by atoms with Crippen molar-refractivity contribution in [3.8, 4) is 11.5 Å². The molecule has 7 heteroatoms. The van der Waals surface area contributed by atoms with Crippen molar-refractivity contribution in [1.29, 1.82) is 0 Å². The first-order chi connectivity index (χ1) is 12.7. The van der Waals surface area contributed by atoms with Gasteiger partial charge in [-0.1, -0.05) is 24.3 Å². The first-order valence-corrected chi connectivity index (χ1v) is 8.44. The Hall–Kier alpha value is -3.22. The second-order valence-corrected chi connectivity index (χ2v) is 6.04. The Morgan fingerprint density at radius 1 is 1.12 bits per heavy atom. The summed E-state index contributed by atoms with van der Waals surface area (Å²) < 4.78 is 18.0. The molecule has 2 aromatic carbocycles. The number of ether oxygens (including phenoxy) is 2. The lowest BCUT2D eigenvalue weighted by Crippen LogP contribution is -2.41. The van der Waals surface area contributed by atoms with Gasteiger partial charge in [-0.25, -0.2) is 4.79 Å². The van der Waals surface area contributed by atoms with Gasteiger partial charge in [0.25, 0.3) is 0 Å². The molecule has 1 unspecified atom stereocenters. The highest BCUT2D eigenvalue weighted by Gasteiger charge is 2.21. The molecule has 1 atom stereocenters. The number of benzene rings is 2. The van der Waals surface area contributed by atoms with Gasteiger partial charge in [0.1, 0.15) is 12.7 Å². The number of aromatic nitrogens is 1. The van der Waals surface area contributed by atoms with Gasteiger partial charge in [-0.05, 0) is 24.3 Å². The molecule has 1 aromatic heterocycles. The molecule has 1 aliphatic rings. The van der Waals surface area contributed by atoms with Gasteiger partial charge >= 0.3 is 5.76 Å². The topological polar surface area (TPSA) is 82.7 Å². The smallest absolute Gasteiger partial charge is 0.419 e. The Morgan fingerprint density at radius 2 is 1.88 bits per heavy atom. The van der Waals surface area contributed by atoms with Crippen molar-refractivity contribution in [3.05, 3.63) is 59.1 Å². The number of fused-ring (bicyclic) bond motifs is 2. The maximum Gasteiger partial charge on any atom is 0.419 e. The predicted molar refractivity (Wildman–Crippen MR) is 94.5 cm³/mol. The first kappa shape index (κ1) is 16.3. The van der Waals surface area contributed by atoms with E-state index in [-0.39, 0.29) is 25.0 Å². The summed E-state index contributed by atoms with van der Waals surface area (Å²) in [5.41, 5.74) is 1.20. The molecule has 26 heavy (non-hydrogen) atoms. The number of para-hydroxylation sites is 4. The number of nitrogens with zero attached hydrogens (tertiary/aromatic N) is 1. The molecule has 134 valence electrons. The lowest BCUT2D eigenvalue weighted by Gasteiger charge is -2.26. The summed E-state index contributed by atoms with van der Waals surface area (Å²) in [6, 6.07) is 14.6. The average molecular weight is 354 g/mol. The molecule has 0 saturated carbocycles. The average Bonchev–Trinajstić information content (AvgIpc) is 2.99. The number of nitrogens with one attached hydrogen (secondary N) is 1. The molecule has 4 rings (SSSR count). The summed E-state index contributed by atoms with van der Waals surface area (Å²) in [7, 11) is 0. The highest BCUT2D eigenvalue weighted by molar-refractivity contribution is 5.76. The molecule has 3 aromatic rings. The highest BCUT2D eigenvalue weighted by Crippen LogP contribution is 2.30. The number of amides is 1. The summed E-state index contributed by atoms with van der Waals surface area (Å²) in [5.74, 6) is 0.764. The van der Waals surface area contributed by atoms with E-state index in [0.717, 1.165) is 0 Å². The fourth-order valence-electron chi connectivity index (χ4n) is 2.92. The largest absolute Gasteiger partial charge is 0.486 e. The summed E-state index contributed by atoms with van der Waals surface area (Å²) in [6.45, 7) is 0.976. The van der Waals surface area contributed by atoms with Gasteiger partial charge in [-0.15, -0.1) is 0 Å². The zero-order chi connectivity index (χ0) is 17.9. The number of oxazole rings is 1. The lowest BCUT2D eigenvalue weighted by molar-refractivity contribution is -0.121. The maximum atomic E-state index is 12.1. The van der Waals surface area contributed by atoms with Crippen molar-refractivity contribution in [2.75, 3.05) is 13.2 Å². The zero-order valence-corrected chi connectivity index (χ0v) is 14.0. The molecule has 0 saturated heterocycles. The summed E-state index contributed by atoms with van der Waals surface area (Å²) in [5, 5.41) is 2.82. The third kappa shape index (κ3) is 3.28. The second-order valence-electron chi connectivity index (χ2n) is 6.04. The fraction of sp³-hybridized carbons (Fsp3) is 0.263. The van der Waals surface area contributed by atoms with E-state index in [9.17, 15) is 9.59 Å². The molecule has 0 aliphatic carbocycles. The second kappa shape index (κ2) is 6.95. The van der Waals surface area contributed by atoms with Crippen molar-refractivity contribution in [2.45, 2.75) is 19.1 Å². The van der Waals surface area contributed by atoms with E-state index < -0.39 is 5.76 Å². The molecule has 1 aliphatic heterocycles. The van der Waals surface area contributed by atoms with Crippen LogP contribution in [0.3, 0.4) is 0 Å². The van der Waals surface area contributed by atoms with Gasteiger partial charge in [-0.2, -0.15) is 0 Å². The highest BCUT2D eigenvalue weighted by atomic mass is 16.6. The van der Waals surface area contributed by atoms with Crippen LogP contribution in [-0.2, 0) is 11.3 Å². The normalized spacial score (nSPS) is 15.8. The van der Waals surface area contributed by atoms with Crippen molar-refractivity contribution < 1.29 is 18.7 Å². The molecule has 1 amide bonds. The molecule has 0 spiro atoms. The van der Waals surface area contributed by atoms with Gasteiger partial charge in [0.15, 0.2) is 17.1 Å². The number of rotatable bonds is 5. The fourth-order valence-corrected chi connectivity index (χ4v) is 2.92. The maximum absolute atomic E-state index is 12.1. The van der Waals surface area contributed by atoms with Crippen LogP contribution < -0.4 is 20.5 Å². The Morgan fingerprint density at radius 3 is 2.77 bits per heavy atom. The van der Waals surface area contributed by atoms with Crippen molar-refractivity contribution in [1.82, 2.24) is 9.88 Å². The SMILES string of the molecule is O=C(CCn1c(=O)oc2ccccc21)NCC1COc2ccccc2O1. The van der Waals surface area contributed by atoms with Crippen LogP contribution in [0.4, 0.5) is 0 Å². The van der Waals surface area contributed by atoms with E-state index in [0.29, 0.717) is 35.8 Å². The standard InChI is InChI=1S/C19H18N2O5/c22-18(9-10-21-14-5-1-2-6-15(14)26-19(21)23)20-11-13-12-24-16-7-3-4-8-17(16)25-13/h1-8,13H,9-12H2,(H,20,22). The van der Waals surface area contributed by atoms with Crippen LogP contribution >= 0.6 is 0 Å². The Bertz CT molecular complexity index is 991. The molecule has 0 fully saturated rings. The van der Waals surface area contributed by atoms with E-state index in [1.54, 1.807) is 18.2 Å². The molecular weight excluding hydrogens is 336 g/mol. The molecule has 2 heterocycles. The molecule has 1 N–H and O–H groups in total.